The van der Waals surface area contributed by atoms with E-state index in [4.69, 9.17) is 0 Å². The Labute approximate surface area is 157 Å². The molecule has 2 aromatic heterocycles. The molecule has 0 bridgehead atoms. The van der Waals surface area contributed by atoms with Gasteiger partial charge in [-0.2, -0.15) is 0 Å². The molecule has 0 fully saturated rings. The van der Waals surface area contributed by atoms with E-state index < -0.39 is 5.97 Å². The number of hydrogen-bond donors (Lipinski definition) is 1. The Morgan fingerprint density at radius 3 is 2.74 bits per heavy atom. The van der Waals surface area contributed by atoms with E-state index in [2.05, 4.69) is 18.0 Å². The van der Waals surface area contributed by atoms with Crippen LogP contribution in [0.1, 0.15) is 52.5 Å². The van der Waals surface area contributed by atoms with Gasteiger partial charge in [-0.05, 0) is 43.5 Å². The monoisotopic (exact) mass is 362 g/mol. The zero-order valence-electron chi connectivity index (χ0n) is 15.5. The molecule has 1 N–H and O–H groups in total. The predicted octanol–water partition coefficient (Wildman–Crippen LogP) is 4.21. The van der Waals surface area contributed by atoms with Crippen molar-refractivity contribution in [2.24, 2.45) is 0 Å². The number of aromatic carboxylic acids is 1. The van der Waals surface area contributed by atoms with Crippen LogP contribution in [0.15, 0.2) is 47.4 Å². The van der Waals surface area contributed by atoms with Gasteiger partial charge in [0.05, 0.1) is 11.3 Å². The fourth-order valence-corrected chi connectivity index (χ4v) is 2.99. The first-order chi connectivity index (χ1) is 13.0. The maximum absolute atomic E-state index is 13.0. The standard InChI is InChI=1S/C22H22N2O3/c1-3-4-8-18-19(11-9-16-7-5-6-15(2)13-16)23-20-12-10-17(22(26)27)14-24(20)21(18)25/h5-7,9-14H,3-4,8H2,1-2H3,(H,26,27)/b11-9+. The van der Waals surface area contributed by atoms with E-state index in [-0.39, 0.29) is 11.1 Å². The summed E-state index contributed by atoms with van der Waals surface area (Å²) in [5.41, 5.74) is 3.75. The topological polar surface area (TPSA) is 71.7 Å². The molecule has 0 aliphatic carbocycles. The number of carboxylic acid groups (broad SMARTS) is 1. The van der Waals surface area contributed by atoms with Crippen LogP contribution in [-0.2, 0) is 6.42 Å². The van der Waals surface area contributed by atoms with Crippen molar-refractivity contribution in [3.05, 3.63) is 80.9 Å². The Hall–Kier alpha value is -3.21. The van der Waals surface area contributed by atoms with Crippen LogP contribution in [0.3, 0.4) is 0 Å². The molecule has 0 radical (unpaired) electrons. The number of carboxylic acids is 1. The highest BCUT2D eigenvalue weighted by Gasteiger charge is 2.12. The van der Waals surface area contributed by atoms with Gasteiger partial charge in [-0.15, -0.1) is 0 Å². The van der Waals surface area contributed by atoms with Gasteiger partial charge >= 0.3 is 5.97 Å². The molecule has 2 heterocycles. The summed E-state index contributed by atoms with van der Waals surface area (Å²) in [6.45, 7) is 4.10. The lowest BCUT2D eigenvalue weighted by Gasteiger charge is -2.09. The molecule has 0 amide bonds. The zero-order chi connectivity index (χ0) is 19.4. The van der Waals surface area contributed by atoms with E-state index in [1.165, 1.54) is 16.7 Å². The molecule has 138 valence electrons. The Morgan fingerprint density at radius 2 is 2.04 bits per heavy atom. The maximum atomic E-state index is 13.0. The summed E-state index contributed by atoms with van der Waals surface area (Å²) in [6.07, 6.45) is 7.59. The van der Waals surface area contributed by atoms with E-state index in [1.54, 1.807) is 6.07 Å². The Balaban J connectivity index is 2.13. The number of fused-ring (bicyclic) bond motifs is 1. The lowest BCUT2D eigenvalue weighted by Crippen LogP contribution is -2.22. The quantitative estimate of drug-likeness (QED) is 0.713. The van der Waals surface area contributed by atoms with Crippen molar-refractivity contribution >= 4 is 23.8 Å². The fraction of sp³-hybridized carbons (Fsp3) is 0.227. The lowest BCUT2D eigenvalue weighted by atomic mass is 10.1. The minimum Gasteiger partial charge on any atom is -0.478 e. The average Bonchev–Trinajstić information content (AvgIpc) is 2.65. The highest BCUT2D eigenvalue weighted by atomic mass is 16.4. The van der Waals surface area contributed by atoms with E-state index in [9.17, 15) is 14.7 Å². The molecule has 0 unspecified atom stereocenters. The molecule has 27 heavy (non-hydrogen) atoms. The van der Waals surface area contributed by atoms with Crippen LogP contribution < -0.4 is 5.56 Å². The van der Waals surface area contributed by atoms with Gasteiger partial charge in [-0.3, -0.25) is 9.20 Å². The Morgan fingerprint density at radius 1 is 1.22 bits per heavy atom. The molecule has 3 rings (SSSR count). The Kier molecular flexibility index (Phi) is 5.50. The van der Waals surface area contributed by atoms with Gasteiger partial charge in [0.1, 0.15) is 5.65 Å². The molecule has 3 aromatic rings. The van der Waals surface area contributed by atoms with Crippen LogP contribution in [0.4, 0.5) is 0 Å². The molecule has 5 heteroatoms. The lowest BCUT2D eigenvalue weighted by molar-refractivity contribution is 0.0696. The predicted molar refractivity (Wildman–Crippen MR) is 107 cm³/mol. The summed E-state index contributed by atoms with van der Waals surface area (Å²) < 4.78 is 1.33. The van der Waals surface area contributed by atoms with Crippen LogP contribution in [-0.4, -0.2) is 20.5 Å². The maximum Gasteiger partial charge on any atom is 0.337 e. The summed E-state index contributed by atoms with van der Waals surface area (Å²) in [7, 11) is 0. The second kappa shape index (κ2) is 7.99. The van der Waals surface area contributed by atoms with E-state index in [1.807, 2.05) is 37.3 Å². The van der Waals surface area contributed by atoms with Crippen molar-refractivity contribution in [1.82, 2.24) is 9.38 Å². The van der Waals surface area contributed by atoms with Gasteiger partial charge in [-0.1, -0.05) is 49.2 Å². The molecule has 5 nitrogen and oxygen atoms in total. The van der Waals surface area contributed by atoms with Crippen LogP contribution in [0, 0.1) is 6.92 Å². The molecule has 0 aliphatic rings. The first kappa shape index (κ1) is 18.6. The van der Waals surface area contributed by atoms with Gasteiger partial charge in [0.2, 0.25) is 0 Å². The SMILES string of the molecule is CCCCc1c(/C=C/c2cccc(C)c2)nc2ccc(C(=O)O)cn2c1=O. The van der Waals surface area contributed by atoms with Gasteiger partial charge in [0.15, 0.2) is 0 Å². The van der Waals surface area contributed by atoms with Gasteiger partial charge in [0.25, 0.3) is 5.56 Å². The molecule has 0 saturated carbocycles. The van der Waals surface area contributed by atoms with E-state index in [0.29, 0.717) is 23.3 Å². The van der Waals surface area contributed by atoms with Gasteiger partial charge < -0.3 is 5.11 Å². The zero-order valence-corrected chi connectivity index (χ0v) is 15.5. The summed E-state index contributed by atoms with van der Waals surface area (Å²) in [6, 6.07) is 11.1. The number of rotatable bonds is 6. The summed E-state index contributed by atoms with van der Waals surface area (Å²) in [4.78, 5) is 28.8. The van der Waals surface area contributed by atoms with Crippen molar-refractivity contribution in [2.75, 3.05) is 0 Å². The minimum absolute atomic E-state index is 0.0656. The first-order valence-electron chi connectivity index (χ1n) is 9.03. The van der Waals surface area contributed by atoms with Crippen LogP contribution in [0.5, 0.6) is 0 Å². The third-order valence-electron chi connectivity index (χ3n) is 4.45. The molecule has 0 aliphatic heterocycles. The third kappa shape index (κ3) is 4.14. The number of hydrogen-bond acceptors (Lipinski definition) is 3. The highest BCUT2D eigenvalue weighted by Crippen LogP contribution is 2.14. The summed E-state index contributed by atoms with van der Waals surface area (Å²) in [5.74, 6) is -1.07. The Bertz CT molecular complexity index is 1080. The number of pyridine rings is 1. The van der Waals surface area contributed by atoms with Crippen molar-refractivity contribution in [1.29, 1.82) is 0 Å². The second-order valence-corrected chi connectivity index (χ2v) is 6.58. The van der Waals surface area contributed by atoms with E-state index >= 15 is 0 Å². The number of aromatic nitrogens is 2. The number of carbonyl (C=O) groups is 1. The van der Waals surface area contributed by atoms with Crippen LogP contribution in [0.25, 0.3) is 17.8 Å². The van der Waals surface area contributed by atoms with Gasteiger partial charge in [0, 0.05) is 11.8 Å². The normalized spacial score (nSPS) is 11.3. The molecule has 0 saturated heterocycles. The van der Waals surface area contributed by atoms with Crippen LogP contribution in [0.2, 0.25) is 0 Å². The smallest absolute Gasteiger partial charge is 0.337 e. The summed E-state index contributed by atoms with van der Waals surface area (Å²) >= 11 is 0. The van der Waals surface area contributed by atoms with Crippen molar-refractivity contribution in [3.63, 3.8) is 0 Å². The third-order valence-corrected chi connectivity index (χ3v) is 4.45. The molecule has 0 atom stereocenters. The molecule has 1 aromatic carbocycles. The number of unbranched alkanes of at least 4 members (excludes halogenated alkanes) is 1. The largest absolute Gasteiger partial charge is 0.478 e. The number of aryl methyl sites for hydroxylation is 1. The first-order valence-corrected chi connectivity index (χ1v) is 9.03. The fourth-order valence-electron chi connectivity index (χ4n) is 2.99. The summed E-state index contributed by atoms with van der Waals surface area (Å²) in [5, 5.41) is 9.19. The number of benzene rings is 1. The van der Waals surface area contributed by atoms with E-state index in [0.717, 1.165) is 24.0 Å². The molecular formula is C22H22N2O3. The minimum atomic E-state index is -1.07. The second-order valence-electron chi connectivity index (χ2n) is 6.58. The number of nitrogens with zero attached hydrogens (tertiary/aromatic N) is 2. The van der Waals surface area contributed by atoms with Crippen molar-refractivity contribution < 1.29 is 9.90 Å². The highest BCUT2D eigenvalue weighted by molar-refractivity contribution is 5.87. The van der Waals surface area contributed by atoms with Crippen LogP contribution >= 0.6 is 0 Å². The molecular weight excluding hydrogens is 340 g/mol. The average molecular weight is 362 g/mol. The van der Waals surface area contributed by atoms with Gasteiger partial charge in [-0.25, -0.2) is 9.78 Å². The van der Waals surface area contributed by atoms with Crippen molar-refractivity contribution in [2.45, 2.75) is 33.1 Å². The molecule has 0 spiro atoms. The van der Waals surface area contributed by atoms with Crippen molar-refractivity contribution in [3.8, 4) is 0 Å².